The van der Waals surface area contributed by atoms with Crippen LogP contribution < -0.4 is 4.74 Å². The molecule has 4 nitrogen and oxygen atoms in total. The Morgan fingerprint density at radius 3 is 2.66 bits per heavy atom. The molecule has 0 bridgehead atoms. The van der Waals surface area contributed by atoms with Gasteiger partial charge in [-0.3, -0.25) is 0 Å². The normalized spacial score (nSPS) is 14.6. The van der Waals surface area contributed by atoms with Crippen molar-refractivity contribution in [2.75, 3.05) is 0 Å². The first-order valence-corrected chi connectivity index (χ1v) is 9.63. The van der Waals surface area contributed by atoms with E-state index in [4.69, 9.17) is 9.47 Å². The smallest absolute Gasteiger partial charge is 0.363 e. The summed E-state index contributed by atoms with van der Waals surface area (Å²) in [5.74, 6) is -0.0218. The van der Waals surface area contributed by atoms with E-state index < -0.39 is 5.97 Å². The second kappa shape index (κ2) is 8.41. The minimum absolute atomic E-state index is 0.110. The molecule has 3 aromatic rings. The summed E-state index contributed by atoms with van der Waals surface area (Å²) in [6.45, 7) is 0.110. The summed E-state index contributed by atoms with van der Waals surface area (Å²) >= 11 is 3.43. The van der Waals surface area contributed by atoms with Crippen molar-refractivity contribution >= 4 is 33.9 Å². The Morgan fingerprint density at radius 2 is 1.83 bits per heavy atom. The van der Waals surface area contributed by atoms with Crippen LogP contribution in [0.3, 0.4) is 0 Å². The molecule has 0 aromatic heterocycles. The van der Waals surface area contributed by atoms with Gasteiger partial charge in [0, 0.05) is 10.0 Å². The Hall–Kier alpha value is -3.25. The number of carbonyl (C=O) groups excluding carboxylic acids is 1. The van der Waals surface area contributed by atoms with E-state index in [0.29, 0.717) is 16.9 Å². The second-order valence-corrected chi connectivity index (χ2v) is 7.12. The number of carbonyl (C=O) groups is 1. The summed E-state index contributed by atoms with van der Waals surface area (Å²) in [5, 5.41) is 0. The van der Waals surface area contributed by atoms with Gasteiger partial charge in [-0.1, -0.05) is 42.5 Å². The number of ether oxygens (including phenoxy) is 2. The number of esters is 1. The van der Waals surface area contributed by atoms with Crippen molar-refractivity contribution in [2.24, 2.45) is 4.99 Å². The van der Waals surface area contributed by atoms with Crippen molar-refractivity contribution in [3.63, 3.8) is 0 Å². The third-order valence-electron chi connectivity index (χ3n) is 4.24. The van der Waals surface area contributed by atoms with Crippen LogP contribution in [0.1, 0.15) is 16.7 Å². The highest BCUT2D eigenvalue weighted by atomic mass is 79.9. The molecule has 0 unspecified atom stereocenters. The molecule has 0 saturated carbocycles. The van der Waals surface area contributed by atoms with Crippen LogP contribution in [0.15, 0.2) is 88.0 Å². The first-order valence-electron chi connectivity index (χ1n) is 8.84. The molecule has 3 aromatic carbocycles. The fraction of sp³-hybridized carbons (Fsp3) is 0.0435. The van der Waals surface area contributed by atoms with Crippen molar-refractivity contribution in [1.82, 2.24) is 0 Å². The average molecular weight is 452 g/mol. The number of aliphatic imine (C=N–C) groups is 1. The predicted octanol–water partition coefficient (Wildman–Crippen LogP) is 5.51. The van der Waals surface area contributed by atoms with Crippen LogP contribution in [0.4, 0.5) is 4.39 Å². The Kier molecular flexibility index (Phi) is 5.53. The van der Waals surface area contributed by atoms with Crippen molar-refractivity contribution < 1.29 is 18.7 Å². The van der Waals surface area contributed by atoms with Gasteiger partial charge < -0.3 is 9.47 Å². The van der Waals surface area contributed by atoms with Crippen LogP contribution in [-0.4, -0.2) is 11.9 Å². The molecular formula is C23H15BrFNO3. The topological polar surface area (TPSA) is 47.9 Å². The van der Waals surface area contributed by atoms with Crippen molar-refractivity contribution in [2.45, 2.75) is 6.61 Å². The molecule has 0 saturated heterocycles. The maximum atomic E-state index is 13.7. The average Bonchev–Trinajstić information content (AvgIpc) is 3.08. The number of benzene rings is 3. The molecule has 1 aliphatic heterocycles. The van der Waals surface area contributed by atoms with Crippen LogP contribution in [0.2, 0.25) is 0 Å². The molecular weight excluding hydrogens is 437 g/mol. The van der Waals surface area contributed by atoms with Gasteiger partial charge in [-0.05, 0) is 57.9 Å². The van der Waals surface area contributed by atoms with Crippen molar-refractivity contribution in [1.29, 1.82) is 0 Å². The van der Waals surface area contributed by atoms with Gasteiger partial charge in [0.2, 0.25) is 5.90 Å². The maximum Gasteiger partial charge on any atom is 0.363 e. The summed E-state index contributed by atoms with van der Waals surface area (Å²) in [6, 6.07) is 21.0. The van der Waals surface area contributed by atoms with E-state index in [1.165, 1.54) is 6.07 Å². The van der Waals surface area contributed by atoms with Gasteiger partial charge >= 0.3 is 5.97 Å². The number of cyclic esters (lactones) is 1. The summed E-state index contributed by atoms with van der Waals surface area (Å²) in [7, 11) is 0. The number of nitrogens with zero attached hydrogens (tertiary/aromatic N) is 1. The summed E-state index contributed by atoms with van der Waals surface area (Å²) in [4.78, 5) is 16.5. The van der Waals surface area contributed by atoms with E-state index in [9.17, 15) is 9.18 Å². The largest absolute Gasteiger partial charge is 0.489 e. The van der Waals surface area contributed by atoms with Gasteiger partial charge in [-0.25, -0.2) is 14.2 Å². The zero-order chi connectivity index (χ0) is 20.2. The lowest BCUT2D eigenvalue weighted by atomic mass is 10.2. The molecule has 0 radical (unpaired) electrons. The fourth-order valence-electron chi connectivity index (χ4n) is 2.79. The lowest BCUT2D eigenvalue weighted by Crippen LogP contribution is -2.05. The van der Waals surface area contributed by atoms with E-state index in [0.717, 1.165) is 10.0 Å². The lowest BCUT2D eigenvalue weighted by Gasteiger charge is -2.07. The molecule has 1 heterocycles. The maximum absolute atomic E-state index is 13.7. The van der Waals surface area contributed by atoms with Crippen LogP contribution in [-0.2, 0) is 16.1 Å². The standard InChI is InChI=1S/C23H15BrFNO3/c24-19-10-3-2-9-18(19)22-26-21(23(27)29-22)13-15-6-5-8-17(12-15)28-14-16-7-1-4-11-20(16)25/h1-13H,14H2/b21-13-. The molecule has 0 fully saturated rings. The first-order chi connectivity index (χ1) is 14.1. The van der Waals surface area contributed by atoms with Gasteiger partial charge in [-0.2, -0.15) is 0 Å². The molecule has 1 aliphatic rings. The summed E-state index contributed by atoms with van der Waals surface area (Å²) in [6.07, 6.45) is 1.63. The van der Waals surface area contributed by atoms with Gasteiger partial charge in [0.1, 0.15) is 18.2 Å². The second-order valence-electron chi connectivity index (χ2n) is 6.27. The van der Waals surface area contributed by atoms with Crippen LogP contribution in [0, 0.1) is 5.82 Å². The van der Waals surface area contributed by atoms with E-state index in [1.807, 2.05) is 30.3 Å². The Balaban J connectivity index is 1.54. The Morgan fingerprint density at radius 1 is 1.03 bits per heavy atom. The third kappa shape index (κ3) is 4.43. The van der Waals surface area contributed by atoms with Crippen molar-refractivity contribution in [3.05, 3.63) is 105 Å². The van der Waals surface area contributed by atoms with Crippen LogP contribution >= 0.6 is 15.9 Å². The molecule has 0 amide bonds. The lowest BCUT2D eigenvalue weighted by molar-refractivity contribution is -0.129. The summed E-state index contributed by atoms with van der Waals surface area (Å²) in [5.41, 5.74) is 2.09. The molecule has 0 atom stereocenters. The quantitative estimate of drug-likeness (QED) is 0.379. The highest BCUT2D eigenvalue weighted by molar-refractivity contribution is 9.10. The molecule has 0 spiro atoms. The minimum Gasteiger partial charge on any atom is -0.489 e. The third-order valence-corrected chi connectivity index (χ3v) is 4.93. The number of rotatable bonds is 5. The number of hydrogen-bond acceptors (Lipinski definition) is 4. The molecule has 4 rings (SSSR count). The van der Waals surface area contributed by atoms with Gasteiger partial charge in [0.05, 0.1) is 5.56 Å². The van der Waals surface area contributed by atoms with Gasteiger partial charge in [0.25, 0.3) is 0 Å². The first kappa shape index (κ1) is 19.1. The zero-order valence-corrected chi connectivity index (χ0v) is 16.7. The number of hydrogen-bond donors (Lipinski definition) is 0. The number of halogens is 2. The van der Waals surface area contributed by atoms with Crippen LogP contribution in [0.5, 0.6) is 5.75 Å². The zero-order valence-electron chi connectivity index (χ0n) is 15.1. The summed E-state index contributed by atoms with van der Waals surface area (Å²) < 4.78 is 25.5. The highest BCUT2D eigenvalue weighted by Crippen LogP contribution is 2.25. The Labute approximate surface area is 175 Å². The molecule has 0 aliphatic carbocycles. The highest BCUT2D eigenvalue weighted by Gasteiger charge is 2.25. The monoisotopic (exact) mass is 451 g/mol. The van der Waals surface area contributed by atoms with E-state index in [2.05, 4.69) is 20.9 Å². The van der Waals surface area contributed by atoms with E-state index in [1.54, 1.807) is 42.5 Å². The van der Waals surface area contributed by atoms with Crippen molar-refractivity contribution in [3.8, 4) is 5.75 Å². The minimum atomic E-state index is -0.520. The molecule has 0 N–H and O–H groups in total. The predicted molar refractivity (Wildman–Crippen MR) is 112 cm³/mol. The molecule has 144 valence electrons. The SMILES string of the molecule is O=C1OC(c2ccccc2Br)=N/C1=C\c1cccc(OCc2ccccc2F)c1. The van der Waals surface area contributed by atoms with E-state index >= 15 is 0 Å². The Bertz CT molecular complexity index is 1140. The fourth-order valence-corrected chi connectivity index (χ4v) is 3.24. The van der Waals surface area contributed by atoms with Gasteiger partial charge in [-0.15, -0.1) is 0 Å². The van der Waals surface area contributed by atoms with Crippen LogP contribution in [0.25, 0.3) is 6.08 Å². The molecule has 29 heavy (non-hydrogen) atoms. The molecule has 6 heteroatoms. The van der Waals surface area contributed by atoms with Gasteiger partial charge in [0.15, 0.2) is 5.70 Å². The van der Waals surface area contributed by atoms with E-state index in [-0.39, 0.29) is 24.0 Å².